The van der Waals surface area contributed by atoms with E-state index in [4.69, 9.17) is 9.72 Å². The summed E-state index contributed by atoms with van der Waals surface area (Å²) in [5, 5.41) is 0. The van der Waals surface area contributed by atoms with Crippen molar-refractivity contribution in [1.82, 2.24) is 9.88 Å². The predicted molar refractivity (Wildman–Crippen MR) is 95.0 cm³/mol. The number of pyridine rings is 1. The molecule has 2 aliphatic heterocycles. The fourth-order valence-electron chi connectivity index (χ4n) is 4.43. The van der Waals surface area contributed by atoms with Crippen LogP contribution in [-0.4, -0.2) is 55.3 Å². The van der Waals surface area contributed by atoms with Crippen molar-refractivity contribution in [2.24, 2.45) is 5.41 Å². The van der Waals surface area contributed by atoms with E-state index in [1.54, 1.807) is 0 Å². The molecule has 2 aliphatic rings. The summed E-state index contributed by atoms with van der Waals surface area (Å²) in [6.45, 7) is 11.0. The second kappa shape index (κ2) is 6.78. The Morgan fingerprint density at radius 3 is 2.65 bits per heavy atom. The zero-order chi connectivity index (χ0) is 16.4. The van der Waals surface area contributed by atoms with Crippen LogP contribution < -0.4 is 4.90 Å². The van der Waals surface area contributed by atoms with Gasteiger partial charge >= 0.3 is 0 Å². The highest BCUT2D eigenvalue weighted by molar-refractivity contribution is 5.39. The Kier molecular flexibility index (Phi) is 4.93. The van der Waals surface area contributed by atoms with Crippen molar-refractivity contribution >= 4 is 5.82 Å². The van der Waals surface area contributed by atoms with Gasteiger partial charge in [-0.15, -0.1) is 0 Å². The van der Waals surface area contributed by atoms with Crippen molar-refractivity contribution in [2.75, 3.05) is 38.3 Å². The van der Waals surface area contributed by atoms with Crippen LogP contribution in [0.5, 0.6) is 0 Å². The van der Waals surface area contributed by atoms with Crippen LogP contribution in [0.4, 0.5) is 5.82 Å². The number of hydrogen-bond acceptors (Lipinski definition) is 4. The minimum atomic E-state index is 0.480. The zero-order valence-corrected chi connectivity index (χ0v) is 15.1. The molecule has 0 radical (unpaired) electrons. The van der Waals surface area contributed by atoms with E-state index < -0.39 is 0 Å². The van der Waals surface area contributed by atoms with Crippen LogP contribution in [0.3, 0.4) is 0 Å². The van der Waals surface area contributed by atoms with Gasteiger partial charge in [0.2, 0.25) is 0 Å². The van der Waals surface area contributed by atoms with E-state index in [2.05, 4.69) is 48.8 Å². The van der Waals surface area contributed by atoms with Gasteiger partial charge in [-0.25, -0.2) is 4.98 Å². The van der Waals surface area contributed by atoms with E-state index in [0.29, 0.717) is 17.5 Å². The molecule has 0 saturated carbocycles. The Morgan fingerprint density at radius 2 is 2.04 bits per heavy atom. The third-order valence-corrected chi connectivity index (χ3v) is 5.70. The molecular weight excluding hydrogens is 286 g/mol. The topological polar surface area (TPSA) is 28.6 Å². The van der Waals surface area contributed by atoms with Gasteiger partial charge in [-0.2, -0.15) is 0 Å². The number of rotatable bonds is 4. The van der Waals surface area contributed by atoms with Crippen molar-refractivity contribution in [2.45, 2.75) is 52.1 Å². The second-order valence-electron chi connectivity index (χ2n) is 7.70. The quantitative estimate of drug-likeness (QED) is 0.853. The minimum Gasteiger partial charge on any atom is -0.383 e. The number of methoxy groups -OCH3 is 1. The van der Waals surface area contributed by atoms with Crippen molar-refractivity contribution in [3.8, 4) is 0 Å². The first-order valence-corrected chi connectivity index (χ1v) is 8.96. The summed E-state index contributed by atoms with van der Waals surface area (Å²) >= 11 is 0. The molecule has 1 aromatic rings. The predicted octanol–water partition coefficient (Wildman–Crippen LogP) is 3.11. The number of ether oxygens (including phenoxy) is 1. The Labute approximate surface area is 140 Å². The van der Waals surface area contributed by atoms with Crippen molar-refractivity contribution in [1.29, 1.82) is 0 Å². The van der Waals surface area contributed by atoms with Gasteiger partial charge in [-0.1, -0.05) is 6.07 Å². The van der Waals surface area contributed by atoms with E-state index in [9.17, 15) is 0 Å². The van der Waals surface area contributed by atoms with Gasteiger partial charge in [0.05, 0.1) is 6.61 Å². The van der Waals surface area contributed by atoms with Crippen LogP contribution in [0.15, 0.2) is 18.2 Å². The standard InChI is InChI=1S/C19H31N3O/c1-15(2)22-14-19(12-17(22)13-23-4)8-10-21(11-9-19)18-7-5-6-16(3)20-18/h5-7,15,17H,8-14H2,1-4H3/t17-/m0/s1. The molecule has 0 N–H and O–H groups in total. The van der Waals surface area contributed by atoms with E-state index in [0.717, 1.165) is 31.2 Å². The lowest BCUT2D eigenvalue weighted by atomic mass is 9.76. The molecule has 2 saturated heterocycles. The fourth-order valence-corrected chi connectivity index (χ4v) is 4.43. The van der Waals surface area contributed by atoms with Crippen molar-refractivity contribution < 1.29 is 4.74 Å². The summed E-state index contributed by atoms with van der Waals surface area (Å²) in [4.78, 5) is 9.81. The maximum atomic E-state index is 5.48. The number of aryl methyl sites for hydroxylation is 1. The van der Waals surface area contributed by atoms with Crippen LogP contribution in [0.1, 0.15) is 38.8 Å². The van der Waals surface area contributed by atoms with Crippen LogP contribution in [0.2, 0.25) is 0 Å². The lowest BCUT2D eigenvalue weighted by Gasteiger charge is -2.40. The molecule has 0 bridgehead atoms. The van der Waals surface area contributed by atoms with Crippen LogP contribution in [-0.2, 0) is 4.74 Å². The first kappa shape index (κ1) is 16.7. The minimum absolute atomic E-state index is 0.480. The fraction of sp³-hybridized carbons (Fsp3) is 0.737. The molecule has 3 rings (SSSR count). The number of hydrogen-bond donors (Lipinski definition) is 0. The smallest absolute Gasteiger partial charge is 0.128 e. The van der Waals surface area contributed by atoms with Gasteiger partial charge in [-0.3, -0.25) is 4.90 Å². The molecule has 3 heterocycles. The third-order valence-electron chi connectivity index (χ3n) is 5.70. The largest absolute Gasteiger partial charge is 0.383 e. The van der Waals surface area contributed by atoms with Crippen molar-refractivity contribution in [3.63, 3.8) is 0 Å². The van der Waals surface area contributed by atoms with Gasteiger partial charge in [-0.05, 0) is 57.6 Å². The molecule has 128 valence electrons. The van der Waals surface area contributed by atoms with Gasteiger partial charge in [0.15, 0.2) is 0 Å². The molecule has 2 fully saturated rings. The first-order chi connectivity index (χ1) is 11.0. The Bertz CT molecular complexity index is 523. The van der Waals surface area contributed by atoms with Crippen LogP contribution in [0, 0.1) is 12.3 Å². The molecule has 1 aromatic heterocycles. The third kappa shape index (κ3) is 3.53. The molecule has 1 spiro atoms. The SMILES string of the molecule is COC[C@@H]1CC2(CCN(c3cccc(C)n3)CC2)CN1C(C)C. The number of aromatic nitrogens is 1. The average Bonchev–Trinajstić information content (AvgIpc) is 2.87. The van der Waals surface area contributed by atoms with E-state index in [-0.39, 0.29) is 0 Å². The van der Waals surface area contributed by atoms with Gasteiger partial charge in [0, 0.05) is 44.5 Å². The van der Waals surface area contributed by atoms with Crippen LogP contribution in [0.25, 0.3) is 0 Å². The van der Waals surface area contributed by atoms with Gasteiger partial charge < -0.3 is 9.64 Å². The Balaban J connectivity index is 1.66. The molecule has 0 aliphatic carbocycles. The molecular formula is C19H31N3O. The Morgan fingerprint density at radius 1 is 1.30 bits per heavy atom. The molecule has 0 unspecified atom stereocenters. The summed E-state index contributed by atoms with van der Waals surface area (Å²) < 4.78 is 5.48. The highest BCUT2D eigenvalue weighted by atomic mass is 16.5. The summed E-state index contributed by atoms with van der Waals surface area (Å²) in [5.41, 5.74) is 1.59. The molecule has 23 heavy (non-hydrogen) atoms. The molecule has 4 nitrogen and oxygen atoms in total. The number of anilines is 1. The highest BCUT2D eigenvalue weighted by Crippen LogP contribution is 2.44. The van der Waals surface area contributed by atoms with E-state index in [1.165, 1.54) is 25.8 Å². The zero-order valence-electron chi connectivity index (χ0n) is 15.1. The second-order valence-corrected chi connectivity index (χ2v) is 7.70. The number of nitrogens with zero attached hydrogens (tertiary/aromatic N) is 3. The summed E-state index contributed by atoms with van der Waals surface area (Å²) in [7, 11) is 1.83. The average molecular weight is 317 g/mol. The maximum Gasteiger partial charge on any atom is 0.128 e. The normalized spacial score (nSPS) is 24.7. The summed E-state index contributed by atoms with van der Waals surface area (Å²) in [6.07, 6.45) is 3.83. The summed E-state index contributed by atoms with van der Waals surface area (Å²) in [6, 6.07) is 7.53. The molecule has 1 atom stereocenters. The number of piperidine rings is 1. The number of likely N-dealkylation sites (tertiary alicyclic amines) is 1. The molecule has 0 aromatic carbocycles. The lowest BCUT2D eigenvalue weighted by molar-refractivity contribution is 0.0975. The monoisotopic (exact) mass is 317 g/mol. The van der Waals surface area contributed by atoms with Crippen LogP contribution >= 0.6 is 0 Å². The van der Waals surface area contributed by atoms with Gasteiger partial charge in [0.25, 0.3) is 0 Å². The van der Waals surface area contributed by atoms with E-state index >= 15 is 0 Å². The van der Waals surface area contributed by atoms with Crippen molar-refractivity contribution in [3.05, 3.63) is 23.9 Å². The lowest BCUT2D eigenvalue weighted by Crippen LogP contribution is -2.43. The highest BCUT2D eigenvalue weighted by Gasteiger charge is 2.46. The van der Waals surface area contributed by atoms with Gasteiger partial charge in [0.1, 0.15) is 5.82 Å². The molecule has 4 heteroatoms. The molecule has 0 amide bonds. The Hall–Kier alpha value is -1.13. The van der Waals surface area contributed by atoms with E-state index in [1.807, 2.05) is 7.11 Å². The first-order valence-electron chi connectivity index (χ1n) is 8.96. The maximum absolute atomic E-state index is 5.48. The summed E-state index contributed by atoms with van der Waals surface area (Å²) in [5.74, 6) is 1.15.